The highest BCUT2D eigenvalue weighted by atomic mass is 79.9. The molecule has 0 N–H and O–H groups in total. The lowest BCUT2D eigenvalue weighted by Gasteiger charge is -2.22. The standard InChI is InChI=1S/C19H29BrO4/c1-21-18-10-9-16(14-17(18)20)15-22-11-5-2-3-6-12-23-19-8-4-7-13-24-19/h9-10,14,19H,2-8,11-13,15H2,1H3. The van der Waals surface area contributed by atoms with Crippen LogP contribution in [0.15, 0.2) is 22.7 Å². The molecule has 4 nitrogen and oxygen atoms in total. The number of rotatable bonds is 11. The van der Waals surface area contributed by atoms with Crippen molar-refractivity contribution in [3.63, 3.8) is 0 Å². The van der Waals surface area contributed by atoms with Gasteiger partial charge in [0.15, 0.2) is 6.29 Å². The van der Waals surface area contributed by atoms with Crippen molar-refractivity contribution in [3.05, 3.63) is 28.2 Å². The molecule has 0 spiro atoms. The number of halogens is 1. The molecule has 1 aliphatic rings. The molecular weight excluding hydrogens is 372 g/mol. The summed E-state index contributed by atoms with van der Waals surface area (Å²) in [5.41, 5.74) is 1.16. The van der Waals surface area contributed by atoms with E-state index in [2.05, 4.69) is 15.9 Å². The van der Waals surface area contributed by atoms with Crippen LogP contribution in [0.5, 0.6) is 5.75 Å². The first kappa shape index (κ1) is 19.7. The van der Waals surface area contributed by atoms with Crippen LogP contribution in [0.3, 0.4) is 0 Å². The Labute approximate surface area is 153 Å². The summed E-state index contributed by atoms with van der Waals surface area (Å²) >= 11 is 3.49. The Morgan fingerprint density at radius 2 is 1.96 bits per heavy atom. The number of ether oxygens (including phenoxy) is 4. The van der Waals surface area contributed by atoms with Gasteiger partial charge in [0.2, 0.25) is 0 Å². The fourth-order valence-corrected chi connectivity index (χ4v) is 3.29. The van der Waals surface area contributed by atoms with E-state index in [1.54, 1.807) is 7.11 Å². The summed E-state index contributed by atoms with van der Waals surface area (Å²) in [5.74, 6) is 0.847. The predicted octanol–water partition coefficient (Wildman–Crippen LogP) is 5.08. The van der Waals surface area contributed by atoms with E-state index in [0.717, 1.165) is 54.9 Å². The van der Waals surface area contributed by atoms with Gasteiger partial charge in [-0.3, -0.25) is 0 Å². The first-order valence-electron chi connectivity index (χ1n) is 8.93. The van der Waals surface area contributed by atoms with Gasteiger partial charge in [0.05, 0.1) is 18.2 Å². The molecule has 1 heterocycles. The quantitative estimate of drug-likeness (QED) is 0.485. The van der Waals surface area contributed by atoms with E-state index in [9.17, 15) is 0 Å². The van der Waals surface area contributed by atoms with Crippen molar-refractivity contribution in [1.29, 1.82) is 0 Å². The van der Waals surface area contributed by atoms with Crippen molar-refractivity contribution in [2.24, 2.45) is 0 Å². The molecule has 24 heavy (non-hydrogen) atoms. The van der Waals surface area contributed by atoms with Crippen LogP contribution in [0.2, 0.25) is 0 Å². The Bertz CT molecular complexity index is 461. The first-order chi connectivity index (χ1) is 11.8. The molecule has 1 fully saturated rings. The molecule has 2 rings (SSSR count). The van der Waals surface area contributed by atoms with Crippen LogP contribution < -0.4 is 4.74 Å². The minimum Gasteiger partial charge on any atom is -0.496 e. The maximum absolute atomic E-state index is 5.74. The second kappa shape index (κ2) is 11.9. The van der Waals surface area contributed by atoms with E-state index in [1.165, 1.54) is 25.7 Å². The Balaban J connectivity index is 1.43. The Morgan fingerprint density at radius 3 is 2.67 bits per heavy atom. The number of hydrogen-bond acceptors (Lipinski definition) is 4. The zero-order valence-electron chi connectivity index (χ0n) is 14.6. The van der Waals surface area contributed by atoms with E-state index in [-0.39, 0.29) is 6.29 Å². The van der Waals surface area contributed by atoms with E-state index in [4.69, 9.17) is 18.9 Å². The molecule has 1 aromatic carbocycles. The summed E-state index contributed by atoms with van der Waals surface area (Å²) < 4.78 is 23.2. The van der Waals surface area contributed by atoms with Crippen LogP contribution in [-0.4, -0.2) is 33.2 Å². The lowest BCUT2D eigenvalue weighted by molar-refractivity contribution is -0.162. The van der Waals surface area contributed by atoms with Gasteiger partial charge in [0, 0.05) is 19.8 Å². The third-order valence-corrected chi connectivity index (χ3v) is 4.73. The van der Waals surface area contributed by atoms with E-state index < -0.39 is 0 Å². The van der Waals surface area contributed by atoms with Crippen molar-refractivity contribution in [2.45, 2.75) is 57.8 Å². The van der Waals surface area contributed by atoms with Crippen LogP contribution in [-0.2, 0) is 20.8 Å². The van der Waals surface area contributed by atoms with Gasteiger partial charge < -0.3 is 18.9 Å². The number of methoxy groups -OCH3 is 1. The normalized spacial score (nSPS) is 17.8. The summed E-state index contributed by atoms with van der Waals surface area (Å²) in [5, 5.41) is 0. The molecule has 0 amide bonds. The summed E-state index contributed by atoms with van der Waals surface area (Å²) in [6.45, 7) is 3.11. The Kier molecular flexibility index (Phi) is 9.73. The minimum atomic E-state index is 0.0471. The van der Waals surface area contributed by atoms with Gasteiger partial charge in [0.25, 0.3) is 0 Å². The Morgan fingerprint density at radius 1 is 1.12 bits per heavy atom. The van der Waals surface area contributed by atoms with Gasteiger partial charge >= 0.3 is 0 Å². The average Bonchev–Trinajstić information content (AvgIpc) is 2.61. The largest absolute Gasteiger partial charge is 0.496 e. The molecule has 0 aliphatic carbocycles. The monoisotopic (exact) mass is 400 g/mol. The third kappa shape index (κ3) is 7.51. The summed E-state index contributed by atoms with van der Waals surface area (Å²) in [4.78, 5) is 0. The molecule has 0 saturated carbocycles. The molecule has 5 heteroatoms. The lowest BCUT2D eigenvalue weighted by atomic mass is 10.2. The highest BCUT2D eigenvalue weighted by Crippen LogP contribution is 2.25. The molecule has 1 aliphatic heterocycles. The summed E-state index contributed by atoms with van der Waals surface area (Å²) in [6, 6.07) is 6.04. The Hall–Kier alpha value is -0.620. The third-order valence-electron chi connectivity index (χ3n) is 4.11. The van der Waals surface area contributed by atoms with Crippen molar-refractivity contribution in [2.75, 3.05) is 26.9 Å². The van der Waals surface area contributed by atoms with E-state index >= 15 is 0 Å². The maximum atomic E-state index is 5.74. The average molecular weight is 401 g/mol. The summed E-state index contributed by atoms with van der Waals surface area (Å²) in [7, 11) is 1.67. The molecule has 1 unspecified atom stereocenters. The van der Waals surface area contributed by atoms with Crippen LogP contribution in [0.4, 0.5) is 0 Å². The van der Waals surface area contributed by atoms with Crippen molar-refractivity contribution in [3.8, 4) is 5.75 Å². The molecular formula is C19H29BrO4. The number of unbranched alkanes of at least 4 members (excludes halogenated alkanes) is 3. The fourth-order valence-electron chi connectivity index (χ4n) is 2.71. The van der Waals surface area contributed by atoms with Crippen LogP contribution in [0, 0.1) is 0 Å². The highest BCUT2D eigenvalue weighted by Gasteiger charge is 2.13. The van der Waals surface area contributed by atoms with Crippen molar-refractivity contribution < 1.29 is 18.9 Å². The molecule has 1 saturated heterocycles. The second-order valence-electron chi connectivity index (χ2n) is 6.10. The van der Waals surface area contributed by atoms with Crippen LogP contribution >= 0.6 is 15.9 Å². The van der Waals surface area contributed by atoms with E-state index in [0.29, 0.717) is 6.61 Å². The molecule has 1 atom stereocenters. The maximum Gasteiger partial charge on any atom is 0.157 e. The minimum absolute atomic E-state index is 0.0471. The second-order valence-corrected chi connectivity index (χ2v) is 6.96. The lowest BCUT2D eigenvalue weighted by Crippen LogP contribution is -2.22. The van der Waals surface area contributed by atoms with Gasteiger partial charge in [-0.25, -0.2) is 0 Å². The first-order valence-corrected chi connectivity index (χ1v) is 9.72. The van der Waals surface area contributed by atoms with Gasteiger partial charge in [-0.15, -0.1) is 0 Å². The molecule has 136 valence electrons. The predicted molar refractivity (Wildman–Crippen MR) is 98.4 cm³/mol. The van der Waals surface area contributed by atoms with Gasteiger partial charge in [-0.05, 0) is 65.7 Å². The number of benzene rings is 1. The van der Waals surface area contributed by atoms with Crippen LogP contribution in [0.25, 0.3) is 0 Å². The smallest absolute Gasteiger partial charge is 0.157 e. The molecule has 0 radical (unpaired) electrons. The van der Waals surface area contributed by atoms with Gasteiger partial charge in [-0.2, -0.15) is 0 Å². The van der Waals surface area contributed by atoms with Gasteiger partial charge in [0.1, 0.15) is 5.75 Å². The molecule has 0 bridgehead atoms. The number of hydrogen-bond donors (Lipinski definition) is 0. The SMILES string of the molecule is COc1ccc(COCCCCCCOC2CCCCO2)cc1Br. The van der Waals surface area contributed by atoms with Crippen LogP contribution in [0.1, 0.15) is 50.5 Å². The highest BCUT2D eigenvalue weighted by molar-refractivity contribution is 9.10. The molecule has 1 aromatic rings. The molecule has 0 aromatic heterocycles. The van der Waals surface area contributed by atoms with Crippen molar-refractivity contribution in [1.82, 2.24) is 0 Å². The fraction of sp³-hybridized carbons (Fsp3) is 0.684. The zero-order chi connectivity index (χ0) is 17.0. The summed E-state index contributed by atoms with van der Waals surface area (Å²) in [6.07, 6.45) is 8.06. The van der Waals surface area contributed by atoms with Gasteiger partial charge in [-0.1, -0.05) is 18.9 Å². The van der Waals surface area contributed by atoms with Crippen molar-refractivity contribution >= 4 is 15.9 Å². The van der Waals surface area contributed by atoms with E-state index in [1.807, 2.05) is 18.2 Å². The topological polar surface area (TPSA) is 36.9 Å². The zero-order valence-corrected chi connectivity index (χ0v) is 16.2.